The van der Waals surface area contributed by atoms with Crippen LogP contribution in [0.3, 0.4) is 0 Å². The van der Waals surface area contributed by atoms with E-state index in [0.29, 0.717) is 0 Å². The molecule has 29 heavy (non-hydrogen) atoms. The van der Waals surface area contributed by atoms with E-state index in [1.165, 1.54) is 15.6 Å². The fourth-order valence-corrected chi connectivity index (χ4v) is 4.80. The Morgan fingerprint density at radius 3 is 1.38 bits per heavy atom. The molecule has 0 saturated heterocycles. The summed E-state index contributed by atoms with van der Waals surface area (Å²) in [6.07, 6.45) is 0. The lowest BCUT2D eigenvalue weighted by Gasteiger charge is -2.28. The van der Waals surface area contributed by atoms with Gasteiger partial charge in [-0.2, -0.15) is 0 Å². The van der Waals surface area contributed by atoms with Gasteiger partial charge in [-0.3, -0.25) is 0 Å². The lowest BCUT2D eigenvalue weighted by atomic mass is 9.80. The van der Waals surface area contributed by atoms with Crippen molar-refractivity contribution >= 4 is 27.3 Å². The van der Waals surface area contributed by atoms with E-state index in [-0.39, 0.29) is 10.8 Å². The van der Waals surface area contributed by atoms with Crippen molar-refractivity contribution in [2.45, 2.75) is 52.4 Å². The molecule has 1 nitrogen and oxygen atoms in total. The van der Waals surface area contributed by atoms with Crippen molar-refractivity contribution in [1.82, 2.24) is 0 Å². The van der Waals surface area contributed by atoms with E-state index in [1.807, 2.05) is 12.1 Å². The van der Waals surface area contributed by atoms with Crippen LogP contribution < -0.4 is 0 Å². The van der Waals surface area contributed by atoms with Crippen molar-refractivity contribution in [2.75, 3.05) is 0 Å². The van der Waals surface area contributed by atoms with Crippen LogP contribution in [-0.2, 0) is 10.8 Å². The molecule has 0 bridgehead atoms. The molecule has 0 saturated carbocycles. The zero-order valence-corrected chi connectivity index (χ0v) is 19.8. The average Bonchev–Trinajstić information content (AvgIpc) is 2.66. The third kappa shape index (κ3) is 5.05. The molecule has 0 atom stereocenters. The molecule has 3 rings (SSSR count). The summed E-state index contributed by atoms with van der Waals surface area (Å²) in [6.45, 7) is 13.5. The van der Waals surface area contributed by atoms with E-state index >= 15 is 0 Å². The van der Waals surface area contributed by atoms with Crippen molar-refractivity contribution in [2.24, 2.45) is 4.99 Å². The zero-order chi connectivity index (χ0) is 21.2. The molecule has 0 aliphatic carbocycles. The molecule has 0 aromatic heterocycles. The number of rotatable bonds is 3. The normalized spacial score (nSPS) is 12.0. The first-order valence-electron chi connectivity index (χ1n) is 10.1. The van der Waals surface area contributed by atoms with E-state index in [9.17, 15) is 0 Å². The lowest BCUT2D eigenvalue weighted by Crippen LogP contribution is -2.18. The second-order valence-electron chi connectivity index (χ2n) is 9.55. The second kappa shape index (κ2) is 8.28. The Kier molecular flexibility index (Phi) is 6.14. The van der Waals surface area contributed by atoms with Gasteiger partial charge in [0.1, 0.15) is 0 Å². The van der Waals surface area contributed by atoms with Gasteiger partial charge in [0.25, 0.3) is 0 Å². The highest BCUT2D eigenvalue weighted by atomic mass is 79.9. The highest BCUT2D eigenvalue weighted by Crippen LogP contribution is 2.40. The minimum absolute atomic E-state index is 0.0179. The van der Waals surface area contributed by atoms with Crippen LogP contribution in [0.4, 0.5) is 5.69 Å². The fraction of sp³-hybridized carbons (Fsp3) is 0.296. The van der Waals surface area contributed by atoms with Crippen LogP contribution in [0.5, 0.6) is 0 Å². The van der Waals surface area contributed by atoms with Crippen LogP contribution in [0, 0.1) is 0 Å². The molecule has 0 unspecified atom stereocenters. The number of benzene rings is 3. The molecule has 0 aliphatic rings. The molecule has 0 amide bonds. The van der Waals surface area contributed by atoms with E-state index in [4.69, 9.17) is 4.99 Å². The van der Waals surface area contributed by atoms with E-state index < -0.39 is 0 Å². The summed E-state index contributed by atoms with van der Waals surface area (Å²) in [5.41, 5.74) is 6.83. The molecule has 0 N–H and O–H groups in total. The molecule has 2 heteroatoms. The lowest BCUT2D eigenvalue weighted by molar-refractivity contribution is 0.563. The van der Waals surface area contributed by atoms with Crippen molar-refractivity contribution in [3.8, 4) is 0 Å². The first-order valence-corrected chi connectivity index (χ1v) is 10.9. The highest BCUT2D eigenvalue weighted by Gasteiger charge is 2.25. The third-order valence-corrected chi connectivity index (χ3v) is 5.86. The Morgan fingerprint density at radius 2 is 1.03 bits per heavy atom. The quantitative estimate of drug-likeness (QED) is 0.358. The Balaban J connectivity index is 2.28. The number of nitrogens with zero attached hydrogens (tertiary/aromatic N) is 1. The number of hydrogen-bond acceptors (Lipinski definition) is 1. The van der Waals surface area contributed by atoms with Crippen molar-refractivity contribution in [3.63, 3.8) is 0 Å². The summed E-state index contributed by atoms with van der Waals surface area (Å²) in [6, 6.07) is 25.3. The minimum Gasteiger partial charge on any atom is -0.248 e. The maximum atomic E-state index is 5.18. The summed E-state index contributed by atoms with van der Waals surface area (Å²) in [7, 11) is 0. The fourth-order valence-electron chi connectivity index (χ4n) is 3.38. The van der Waals surface area contributed by atoms with Gasteiger partial charge in [-0.15, -0.1) is 0 Å². The van der Waals surface area contributed by atoms with Gasteiger partial charge in [-0.1, -0.05) is 118 Å². The van der Waals surface area contributed by atoms with Crippen LogP contribution in [0.15, 0.2) is 82.3 Å². The van der Waals surface area contributed by atoms with E-state index in [0.717, 1.165) is 22.5 Å². The van der Waals surface area contributed by atoms with Gasteiger partial charge in [0.15, 0.2) is 0 Å². The SMILES string of the molecule is CC(C)(C)c1cc(N=C(c2ccccc2)c2ccccc2)cc(C(C)(C)C)c1Br. The first kappa shape index (κ1) is 21.5. The average molecular weight is 448 g/mol. The van der Waals surface area contributed by atoms with Crippen molar-refractivity contribution in [1.29, 1.82) is 0 Å². The predicted molar refractivity (Wildman–Crippen MR) is 130 cm³/mol. The molecular weight excluding hydrogens is 418 g/mol. The molecule has 3 aromatic carbocycles. The van der Waals surface area contributed by atoms with Gasteiger partial charge in [0, 0.05) is 15.6 Å². The number of aliphatic imine (C=N–C) groups is 1. The van der Waals surface area contributed by atoms with Crippen LogP contribution in [0.2, 0.25) is 0 Å². The summed E-state index contributed by atoms with van der Waals surface area (Å²) in [5, 5.41) is 0. The number of halogens is 1. The van der Waals surface area contributed by atoms with Crippen LogP contribution in [-0.4, -0.2) is 5.71 Å². The molecule has 0 fully saturated rings. The Hall–Kier alpha value is -2.19. The van der Waals surface area contributed by atoms with E-state index in [2.05, 4.69) is 118 Å². The first-order chi connectivity index (χ1) is 13.6. The summed E-state index contributed by atoms with van der Waals surface area (Å²) in [5.74, 6) is 0. The molecule has 3 aromatic rings. The zero-order valence-electron chi connectivity index (χ0n) is 18.3. The molecular formula is C27H30BrN. The van der Waals surface area contributed by atoms with Gasteiger partial charge in [-0.05, 0) is 34.1 Å². The van der Waals surface area contributed by atoms with Crippen molar-refractivity contribution < 1.29 is 0 Å². The molecule has 150 valence electrons. The topological polar surface area (TPSA) is 12.4 Å². The van der Waals surface area contributed by atoms with Gasteiger partial charge in [0.05, 0.1) is 11.4 Å². The van der Waals surface area contributed by atoms with Crippen molar-refractivity contribution in [3.05, 3.63) is 99.5 Å². The second-order valence-corrected chi connectivity index (χ2v) is 10.3. The Morgan fingerprint density at radius 1 is 0.655 bits per heavy atom. The highest BCUT2D eigenvalue weighted by molar-refractivity contribution is 9.10. The van der Waals surface area contributed by atoms with Crippen LogP contribution in [0.25, 0.3) is 0 Å². The number of hydrogen-bond donors (Lipinski definition) is 0. The van der Waals surface area contributed by atoms with Gasteiger partial charge in [-0.25, -0.2) is 4.99 Å². The monoisotopic (exact) mass is 447 g/mol. The van der Waals surface area contributed by atoms with E-state index in [1.54, 1.807) is 0 Å². The van der Waals surface area contributed by atoms with Gasteiger partial charge < -0.3 is 0 Å². The minimum atomic E-state index is 0.0179. The summed E-state index contributed by atoms with van der Waals surface area (Å²) in [4.78, 5) is 5.18. The van der Waals surface area contributed by atoms with Crippen LogP contribution in [0.1, 0.15) is 63.8 Å². The Labute approximate surface area is 184 Å². The maximum absolute atomic E-state index is 5.18. The smallest absolute Gasteiger partial charge is 0.0781 e. The van der Waals surface area contributed by atoms with Gasteiger partial charge >= 0.3 is 0 Å². The standard InChI is InChI=1S/C27H30BrN/c1-26(2,3)22-17-21(18-23(24(22)28)27(4,5)6)29-25(19-13-9-7-10-14-19)20-15-11-8-12-16-20/h7-18H,1-6H3. The summed E-state index contributed by atoms with van der Waals surface area (Å²) >= 11 is 3.89. The predicted octanol–water partition coefficient (Wildman–Crippen LogP) is 8.21. The molecule has 0 aliphatic heterocycles. The maximum Gasteiger partial charge on any atom is 0.0781 e. The van der Waals surface area contributed by atoms with Gasteiger partial charge in [0.2, 0.25) is 0 Å². The molecule has 0 spiro atoms. The largest absolute Gasteiger partial charge is 0.248 e. The third-order valence-electron chi connectivity index (χ3n) is 5.01. The molecule has 0 heterocycles. The Bertz CT molecular complexity index is 927. The molecule has 0 radical (unpaired) electrons. The van der Waals surface area contributed by atoms with Crippen LogP contribution >= 0.6 is 15.9 Å². The summed E-state index contributed by atoms with van der Waals surface area (Å²) < 4.78 is 1.19.